The van der Waals surface area contributed by atoms with Crippen molar-refractivity contribution in [3.63, 3.8) is 0 Å². The Morgan fingerprint density at radius 3 is 3.05 bits per heavy atom. The molecule has 3 aromatic rings. The average Bonchev–Trinajstić information content (AvgIpc) is 3.09. The maximum Gasteiger partial charge on any atom is 0.226 e. The summed E-state index contributed by atoms with van der Waals surface area (Å²) in [5.74, 6) is 0.737. The number of benzene rings is 1. The van der Waals surface area contributed by atoms with E-state index < -0.39 is 0 Å². The molecular formula is C15H16N4O2S. The third kappa shape index (κ3) is 3.25. The fourth-order valence-corrected chi connectivity index (χ4v) is 3.04. The van der Waals surface area contributed by atoms with Gasteiger partial charge in [0.1, 0.15) is 5.75 Å². The van der Waals surface area contributed by atoms with Crippen LogP contribution in [0.2, 0.25) is 0 Å². The number of aromatic nitrogens is 3. The topological polar surface area (TPSA) is 69.0 Å². The summed E-state index contributed by atoms with van der Waals surface area (Å²) in [6, 6.07) is 5.66. The number of hydrogen-bond donors (Lipinski definition) is 1. The Balaban J connectivity index is 1.63. The lowest BCUT2D eigenvalue weighted by Crippen LogP contribution is -2.11. The lowest BCUT2D eigenvalue weighted by molar-refractivity contribution is -0.116. The molecule has 3 rings (SSSR count). The molecule has 7 heteroatoms. The smallest absolute Gasteiger partial charge is 0.226 e. The van der Waals surface area contributed by atoms with E-state index in [-0.39, 0.29) is 5.91 Å². The molecule has 1 aromatic carbocycles. The number of ether oxygens (including phenoxy) is 1. The van der Waals surface area contributed by atoms with Gasteiger partial charge in [-0.1, -0.05) is 11.3 Å². The number of methoxy groups -OCH3 is 1. The summed E-state index contributed by atoms with van der Waals surface area (Å²) in [7, 11) is 3.49. The Hall–Kier alpha value is -2.41. The highest BCUT2D eigenvalue weighted by Gasteiger charge is 2.09. The van der Waals surface area contributed by atoms with Gasteiger partial charge >= 0.3 is 0 Å². The number of aryl methyl sites for hydroxylation is 2. The zero-order valence-corrected chi connectivity index (χ0v) is 13.2. The van der Waals surface area contributed by atoms with Crippen LogP contribution in [0.25, 0.3) is 10.2 Å². The second kappa shape index (κ2) is 6.15. The summed E-state index contributed by atoms with van der Waals surface area (Å²) < 4.78 is 7.90. The largest absolute Gasteiger partial charge is 0.497 e. The standard InChI is InChI=1S/C15H16N4O2S/c1-19-9-10(8-16-19)3-6-14(20)18-15-17-12-5-4-11(21-2)7-13(12)22-15/h4-5,7-9H,3,6H2,1-2H3,(H,17,18,20). The van der Waals surface area contributed by atoms with E-state index in [1.54, 1.807) is 18.0 Å². The van der Waals surface area contributed by atoms with Gasteiger partial charge in [-0.15, -0.1) is 0 Å². The van der Waals surface area contributed by atoms with Gasteiger partial charge in [0, 0.05) is 19.7 Å². The third-order valence-electron chi connectivity index (χ3n) is 3.24. The van der Waals surface area contributed by atoms with Crippen molar-refractivity contribution in [2.75, 3.05) is 12.4 Å². The molecule has 6 nitrogen and oxygen atoms in total. The summed E-state index contributed by atoms with van der Waals surface area (Å²) in [6.07, 6.45) is 4.76. The number of nitrogens with one attached hydrogen (secondary N) is 1. The zero-order valence-electron chi connectivity index (χ0n) is 12.4. The summed E-state index contributed by atoms with van der Waals surface area (Å²) in [6.45, 7) is 0. The van der Waals surface area contributed by atoms with E-state index in [4.69, 9.17) is 4.74 Å². The number of rotatable bonds is 5. The third-order valence-corrected chi connectivity index (χ3v) is 4.17. The van der Waals surface area contributed by atoms with Crippen LogP contribution in [0.4, 0.5) is 5.13 Å². The Morgan fingerprint density at radius 2 is 2.32 bits per heavy atom. The minimum atomic E-state index is -0.0464. The molecule has 0 unspecified atom stereocenters. The minimum Gasteiger partial charge on any atom is -0.497 e. The lowest BCUT2D eigenvalue weighted by Gasteiger charge is -1.99. The predicted molar refractivity (Wildman–Crippen MR) is 86.3 cm³/mol. The number of carbonyl (C=O) groups is 1. The molecule has 0 saturated carbocycles. The first-order chi connectivity index (χ1) is 10.6. The quantitative estimate of drug-likeness (QED) is 0.785. The van der Waals surface area contributed by atoms with Crippen LogP contribution in [-0.2, 0) is 18.3 Å². The van der Waals surface area contributed by atoms with Gasteiger partial charge in [0.2, 0.25) is 5.91 Å². The van der Waals surface area contributed by atoms with E-state index >= 15 is 0 Å². The van der Waals surface area contributed by atoms with Crippen molar-refractivity contribution in [1.82, 2.24) is 14.8 Å². The van der Waals surface area contributed by atoms with E-state index in [1.807, 2.05) is 31.4 Å². The molecule has 0 fully saturated rings. The number of hydrogen-bond acceptors (Lipinski definition) is 5. The predicted octanol–water partition coefficient (Wildman–Crippen LogP) is 2.61. The first kappa shape index (κ1) is 14.5. The maximum absolute atomic E-state index is 12.0. The van der Waals surface area contributed by atoms with Crippen molar-refractivity contribution >= 4 is 32.6 Å². The number of amides is 1. The highest BCUT2D eigenvalue weighted by molar-refractivity contribution is 7.22. The Morgan fingerprint density at radius 1 is 1.45 bits per heavy atom. The molecule has 2 heterocycles. The highest BCUT2D eigenvalue weighted by Crippen LogP contribution is 2.29. The van der Waals surface area contributed by atoms with Crippen LogP contribution in [0.5, 0.6) is 5.75 Å². The molecule has 0 saturated heterocycles. The number of nitrogens with zero attached hydrogens (tertiary/aromatic N) is 3. The van der Waals surface area contributed by atoms with Crippen molar-refractivity contribution in [1.29, 1.82) is 0 Å². The van der Waals surface area contributed by atoms with Crippen LogP contribution >= 0.6 is 11.3 Å². The molecular weight excluding hydrogens is 300 g/mol. The Kier molecular flexibility index (Phi) is 4.06. The average molecular weight is 316 g/mol. The summed E-state index contributed by atoms with van der Waals surface area (Å²) >= 11 is 1.44. The Labute approximate surface area is 131 Å². The van der Waals surface area contributed by atoms with Crippen LogP contribution < -0.4 is 10.1 Å². The molecule has 0 bridgehead atoms. The van der Waals surface area contributed by atoms with Gasteiger partial charge in [0.15, 0.2) is 5.13 Å². The summed E-state index contributed by atoms with van der Waals surface area (Å²) in [5, 5.41) is 7.54. The SMILES string of the molecule is COc1ccc2nc(NC(=O)CCc3cnn(C)c3)sc2c1. The first-order valence-corrected chi connectivity index (χ1v) is 7.67. The van der Waals surface area contributed by atoms with Gasteiger partial charge in [-0.2, -0.15) is 5.10 Å². The molecule has 0 aliphatic heterocycles. The molecule has 1 amide bonds. The van der Waals surface area contributed by atoms with E-state index in [9.17, 15) is 4.79 Å². The highest BCUT2D eigenvalue weighted by atomic mass is 32.1. The van der Waals surface area contributed by atoms with E-state index in [0.717, 1.165) is 21.5 Å². The molecule has 0 aliphatic carbocycles. The zero-order chi connectivity index (χ0) is 15.5. The van der Waals surface area contributed by atoms with Crippen molar-refractivity contribution in [2.45, 2.75) is 12.8 Å². The van der Waals surface area contributed by atoms with Gasteiger partial charge in [0.25, 0.3) is 0 Å². The second-order valence-corrected chi connectivity index (χ2v) is 5.95. The molecule has 0 aliphatic rings. The van der Waals surface area contributed by atoms with Crippen LogP contribution in [0, 0.1) is 0 Å². The minimum absolute atomic E-state index is 0.0464. The fraction of sp³-hybridized carbons (Fsp3) is 0.267. The first-order valence-electron chi connectivity index (χ1n) is 6.86. The number of carbonyl (C=O) groups excluding carboxylic acids is 1. The maximum atomic E-state index is 12.0. The molecule has 22 heavy (non-hydrogen) atoms. The van der Waals surface area contributed by atoms with Gasteiger partial charge < -0.3 is 10.1 Å². The lowest BCUT2D eigenvalue weighted by atomic mass is 10.2. The number of anilines is 1. The molecule has 0 atom stereocenters. The normalized spacial score (nSPS) is 10.8. The van der Waals surface area contributed by atoms with Crippen molar-refractivity contribution in [2.24, 2.45) is 7.05 Å². The van der Waals surface area contributed by atoms with Crippen LogP contribution in [0.1, 0.15) is 12.0 Å². The summed E-state index contributed by atoms with van der Waals surface area (Å²) in [5.41, 5.74) is 1.90. The van der Waals surface area contributed by atoms with Crippen molar-refractivity contribution in [3.05, 3.63) is 36.2 Å². The van der Waals surface area contributed by atoms with Gasteiger partial charge in [-0.3, -0.25) is 9.48 Å². The molecule has 0 radical (unpaired) electrons. The van der Waals surface area contributed by atoms with Gasteiger partial charge in [0.05, 0.1) is 23.5 Å². The van der Waals surface area contributed by atoms with Crippen LogP contribution in [0.15, 0.2) is 30.6 Å². The monoisotopic (exact) mass is 316 g/mol. The number of thiazole rings is 1. The second-order valence-electron chi connectivity index (χ2n) is 4.92. The van der Waals surface area contributed by atoms with E-state index in [0.29, 0.717) is 18.0 Å². The fourth-order valence-electron chi connectivity index (χ4n) is 2.13. The van der Waals surface area contributed by atoms with Gasteiger partial charge in [-0.25, -0.2) is 4.98 Å². The Bertz CT molecular complexity index is 809. The molecule has 1 N–H and O–H groups in total. The molecule has 0 spiro atoms. The van der Waals surface area contributed by atoms with Crippen molar-refractivity contribution < 1.29 is 9.53 Å². The van der Waals surface area contributed by atoms with Crippen LogP contribution in [-0.4, -0.2) is 27.8 Å². The molecule has 114 valence electrons. The summed E-state index contributed by atoms with van der Waals surface area (Å²) in [4.78, 5) is 16.4. The van der Waals surface area contributed by atoms with E-state index in [1.165, 1.54) is 11.3 Å². The number of fused-ring (bicyclic) bond motifs is 1. The van der Waals surface area contributed by atoms with Crippen LogP contribution in [0.3, 0.4) is 0 Å². The van der Waals surface area contributed by atoms with E-state index in [2.05, 4.69) is 15.4 Å². The van der Waals surface area contributed by atoms with Crippen molar-refractivity contribution in [3.8, 4) is 5.75 Å². The molecule has 2 aromatic heterocycles. The van der Waals surface area contributed by atoms with Gasteiger partial charge in [-0.05, 0) is 30.2 Å².